The van der Waals surface area contributed by atoms with Crippen LogP contribution in [0.25, 0.3) is 11.2 Å². The molecule has 4 N–H and O–H groups in total. The van der Waals surface area contributed by atoms with Crippen LogP contribution in [-0.4, -0.2) is 44.6 Å². The van der Waals surface area contributed by atoms with Gasteiger partial charge in [-0.2, -0.15) is 0 Å². The Morgan fingerprint density at radius 2 is 2.35 bits per heavy atom. The van der Waals surface area contributed by atoms with Crippen LogP contribution in [0.1, 0.15) is 6.42 Å². The number of anilines is 1. The number of nitrogens with one attached hydrogen (secondary N) is 1. The van der Waals surface area contributed by atoms with Crippen molar-refractivity contribution in [2.45, 2.75) is 6.42 Å². The van der Waals surface area contributed by atoms with E-state index in [0.29, 0.717) is 18.6 Å². The highest BCUT2D eigenvalue weighted by atomic mass is 16.4. The minimum Gasteiger partial charge on any atom is -0.409 e. The molecule has 0 aliphatic carbocycles. The Morgan fingerprint density at radius 1 is 1.53 bits per heavy atom. The SMILES string of the molecule is CN(CC/C(N)=N/O)c1ncnc2nc[nH]c12. The summed E-state index contributed by atoms with van der Waals surface area (Å²) in [5.74, 6) is 0.921. The van der Waals surface area contributed by atoms with Gasteiger partial charge in [0.1, 0.15) is 17.7 Å². The number of nitrogens with two attached hydrogens (primary N) is 1. The van der Waals surface area contributed by atoms with Gasteiger partial charge in [-0.25, -0.2) is 15.0 Å². The maximum absolute atomic E-state index is 8.46. The van der Waals surface area contributed by atoms with Gasteiger partial charge in [-0.05, 0) is 0 Å². The number of oxime groups is 1. The molecule has 0 spiro atoms. The van der Waals surface area contributed by atoms with Gasteiger partial charge in [0.2, 0.25) is 0 Å². The first kappa shape index (κ1) is 11.1. The maximum Gasteiger partial charge on any atom is 0.182 e. The number of amidine groups is 1. The fourth-order valence-electron chi connectivity index (χ4n) is 1.48. The van der Waals surface area contributed by atoms with Crippen LogP contribution >= 0.6 is 0 Å². The minimum absolute atomic E-state index is 0.187. The van der Waals surface area contributed by atoms with Crippen molar-refractivity contribution in [3.63, 3.8) is 0 Å². The molecule has 2 rings (SSSR count). The van der Waals surface area contributed by atoms with Crippen molar-refractivity contribution in [3.05, 3.63) is 12.7 Å². The van der Waals surface area contributed by atoms with Gasteiger partial charge in [-0.1, -0.05) is 5.16 Å². The predicted molar refractivity (Wildman–Crippen MR) is 63.0 cm³/mol. The molecule has 0 saturated carbocycles. The molecule has 8 heteroatoms. The number of imidazole rings is 1. The highest BCUT2D eigenvalue weighted by Crippen LogP contribution is 2.17. The molecule has 0 aromatic carbocycles. The molecule has 0 saturated heterocycles. The lowest BCUT2D eigenvalue weighted by Gasteiger charge is -2.17. The van der Waals surface area contributed by atoms with Crippen LogP contribution in [0.5, 0.6) is 0 Å². The predicted octanol–water partition coefficient (Wildman–Crippen LogP) is -0.0744. The highest BCUT2D eigenvalue weighted by molar-refractivity contribution is 5.83. The Balaban J connectivity index is 2.18. The number of hydrogen-bond acceptors (Lipinski definition) is 6. The van der Waals surface area contributed by atoms with Crippen molar-refractivity contribution in [1.82, 2.24) is 19.9 Å². The molecule has 2 heterocycles. The Hall–Kier alpha value is -2.38. The summed E-state index contributed by atoms with van der Waals surface area (Å²) < 4.78 is 0. The molecule has 2 aromatic rings. The van der Waals surface area contributed by atoms with Gasteiger partial charge in [0.15, 0.2) is 11.5 Å². The van der Waals surface area contributed by atoms with Gasteiger partial charge in [-0.15, -0.1) is 0 Å². The third kappa shape index (κ3) is 2.25. The Morgan fingerprint density at radius 3 is 3.12 bits per heavy atom. The largest absolute Gasteiger partial charge is 0.409 e. The summed E-state index contributed by atoms with van der Waals surface area (Å²) >= 11 is 0. The molecule has 2 aromatic heterocycles. The molecule has 0 aliphatic rings. The van der Waals surface area contributed by atoms with Crippen LogP contribution in [0, 0.1) is 0 Å². The van der Waals surface area contributed by atoms with Gasteiger partial charge >= 0.3 is 0 Å². The maximum atomic E-state index is 8.46. The van der Waals surface area contributed by atoms with Gasteiger partial charge < -0.3 is 20.8 Å². The standard InChI is InChI=1S/C9H13N7O/c1-16(3-2-6(10)15-17)9-7-8(12-4-11-7)13-5-14-9/h4-5,17H,2-3H2,1H3,(H2,10,15)(H,11,12,13,14). The molecule has 17 heavy (non-hydrogen) atoms. The topological polar surface area (TPSA) is 116 Å². The van der Waals surface area contributed by atoms with Gasteiger partial charge in [0.25, 0.3) is 0 Å². The van der Waals surface area contributed by atoms with E-state index < -0.39 is 0 Å². The van der Waals surface area contributed by atoms with Crippen LogP contribution < -0.4 is 10.6 Å². The average molecular weight is 235 g/mol. The van der Waals surface area contributed by atoms with Crippen molar-refractivity contribution in [1.29, 1.82) is 0 Å². The summed E-state index contributed by atoms with van der Waals surface area (Å²) in [6, 6.07) is 0. The lowest BCUT2D eigenvalue weighted by atomic mass is 10.3. The summed E-state index contributed by atoms with van der Waals surface area (Å²) in [6.07, 6.45) is 3.48. The van der Waals surface area contributed by atoms with E-state index in [-0.39, 0.29) is 5.84 Å². The van der Waals surface area contributed by atoms with E-state index in [4.69, 9.17) is 10.9 Å². The molecule has 0 fully saturated rings. The summed E-state index contributed by atoms with van der Waals surface area (Å²) in [6.45, 7) is 0.584. The lowest BCUT2D eigenvalue weighted by molar-refractivity contribution is 0.317. The second-order valence-electron chi connectivity index (χ2n) is 3.56. The van der Waals surface area contributed by atoms with E-state index in [1.807, 2.05) is 11.9 Å². The normalized spacial score (nSPS) is 11.9. The molecule has 8 nitrogen and oxygen atoms in total. The van der Waals surface area contributed by atoms with Gasteiger partial charge in [0.05, 0.1) is 6.33 Å². The molecule has 0 radical (unpaired) electrons. The van der Waals surface area contributed by atoms with Crippen LogP contribution in [0.2, 0.25) is 0 Å². The zero-order chi connectivity index (χ0) is 12.3. The molecular formula is C9H13N7O. The Kier molecular flexibility index (Phi) is 3.03. The monoisotopic (exact) mass is 235 g/mol. The second kappa shape index (κ2) is 4.64. The molecule has 0 unspecified atom stereocenters. The second-order valence-corrected chi connectivity index (χ2v) is 3.56. The molecule has 0 bridgehead atoms. The summed E-state index contributed by atoms with van der Waals surface area (Å²) in [4.78, 5) is 17.1. The Labute approximate surface area is 97.2 Å². The van der Waals surface area contributed by atoms with Crippen LogP contribution in [0.3, 0.4) is 0 Å². The van der Waals surface area contributed by atoms with E-state index >= 15 is 0 Å². The zero-order valence-electron chi connectivity index (χ0n) is 9.33. The minimum atomic E-state index is 0.187. The van der Waals surface area contributed by atoms with Crippen LogP contribution in [0.4, 0.5) is 5.82 Å². The number of aromatic nitrogens is 4. The van der Waals surface area contributed by atoms with Crippen molar-refractivity contribution in [2.75, 3.05) is 18.5 Å². The van der Waals surface area contributed by atoms with Crippen molar-refractivity contribution in [3.8, 4) is 0 Å². The van der Waals surface area contributed by atoms with E-state index in [1.54, 1.807) is 6.33 Å². The zero-order valence-corrected chi connectivity index (χ0v) is 9.33. The first-order valence-electron chi connectivity index (χ1n) is 5.04. The quantitative estimate of drug-likeness (QED) is 0.295. The fourth-order valence-corrected chi connectivity index (χ4v) is 1.48. The molecule has 0 amide bonds. The van der Waals surface area contributed by atoms with Gasteiger partial charge in [0, 0.05) is 20.0 Å². The molecule has 0 atom stereocenters. The number of hydrogen-bond donors (Lipinski definition) is 3. The number of aromatic amines is 1. The highest BCUT2D eigenvalue weighted by Gasteiger charge is 2.10. The molecule has 90 valence electrons. The van der Waals surface area contributed by atoms with E-state index in [0.717, 1.165) is 11.3 Å². The Bertz CT molecular complexity index is 535. The van der Waals surface area contributed by atoms with Gasteiger partial charge in [-0.3, -0.25) is 0 Å². The number of H-pyrrole nitrogens is 1. The van der Waals surface area contributed by atoms with Crippen molar-refractivity contribution < 1.29 is 5.21 Å². The number of fused-ring (bicyclic) bond motifs is 1. The summed E-state index contributed by atoms with van der Waals surface area (Å²) in [5.41, 5.74) is 6.80. The number of nitrogens with zero attached hydrogens (tertiary/aromatic N) is 5. The summed E-state index contributed by atoms with van der Waals surface area (Å²) in [5, 5.41) is 11.4. The van der Waals surface area contributed by atoms with Crippen LogP contribution in [-0.2, 0) is 0 Å². The molecule has 0 aliphatic heterocycles. The molecular weight excluding hydrogens is 222 g/mol. The number of rotatable bonds is 4. The third-order valence-electron chi connectivity index (χ3n) is 2.40. The lowest BCUT2D eigenvalue weighted by Crippen LogP contribution is -2.25. The smallest absolute Gasteiger partial charge is 0.182 e. The van der Waals surface area contributed by atoms with Crippen molar-refractivity contribution >= 4 is 22.8 Å². The average Bonchev–Trinajstić information content (AvgIpc) is 2.83. The van der Waals surface area contributed by atoms with E-state index in [9.17, 15) is 0 Å². The summed E-state index contributed by atoms with van der Waals surface area (Å²) in [7, 11) is 1.87. The first-order valence-corrected chi connectivity index (χ1v) is 5.04. The van der Waals surface area contributed by atoms with E-state index in [2.05, 4.69) is 25.1 Å². The van der Waals surface area contributed by atoms with E-state index in [1.165, 1.54) is 6.33 Å². The van der Waals surface area contributed by atoms with Crippen LogP contribution in [0.15, 0.2) is 17.8 Å². The fraction of sp³-hybridized carbons (Fsp3) is 0.333. The first-order chi connectivity index (χ1) is 8.22. The third-order valence-corrected chi connectivity index (χ3v) is 2.40. The van der Waals surface area contributed by atoms with Crippen molar-refractivity contribution in [2.24, 2.45) is 10.9 Å².